The lowest BCUT2D eigenvalue weighted by atomic mass is 9.98. The van der Waals surface area contributed by atoms with Crippen molar-refractivity contribution in [1.82, 2.24) is 14.2 Å². The molecule has 2 heterocycles. The number of hydrogen-bond donors (Lipinski definition) is 4. The van der Waals surface area contributed by atoms with E-state index in [4.69, 9.17) is 11.1 Å². The number of anilines is 1. The third kappa shape index (κ3) is 7.38. The second-order valence-corrected chi connectivity index (χ2v) is 15.9. The van der Waals surface area contributed by atoms with Gasteiger partial charge in [-0.05, 0) is 104 Å². The molecule has 0 bridgehead atoms. The number of nitrogens with one attached hydrogen (secondary N) is 3. The normalized spacial score (nSPS) is 15.9. The van der Waals surface area contributed by atoms with Crippen LogP contribution in [0.1, 0.15) is 30.4 Å². The van der Waals surface area contributed by atoms with Gasteiger partial charge in [0.2, 0.25) is 10.0 Å². The van der Waals surface area contributed by atoms with E-state index in [9.17, 15) is 16.8 Å². The number of hydrogen-bond acceptors (Lipinski definition) is 5. The summed E-state index contributed by atoms with van der Waals surface area (Å²) in [6, 6.07) is 21.2. The molecule has 1 aromatic heterocycles. The lowest BCUT2D eigenvalue weighted by Crippen LogP contribution is -2.44. The van der Waals surface area contributed by atoms with E-state index in [0.717, 1.165) is 45.0 Å². The predicted octanol–water partition coefficient (Wildman–Crippen LogP) is 4.87. The number of halogens is 1. The molecule has 3 aromatic carbocycles. The fourth-order valence-corrected chi connectivity index (χ4v) is 8.23. The Balaban J connectivity index is 1.47. The van der Waals surface area contributed by atoms with E-state index in [2.05, 4.69) is 32.0 Å². The fourth-order valence-electron chi connectivity index (χ4n) is 5.70. The van der Waals surface area contributed by atoms with Crippen LogP contribution in [-0.4, -0.2) is 51.9 Å². The number of likely N-dealkylation sites (tertiary alicyclic amines) is 1. The first kappa shape index (κ1) is 32.3. The van der Waals surface area contributed by atoms with E-state index in [1.165, 1.54) is 0 Å². The third-order valence-corrected chi connectivity index (χ3v) is 11.5. The molecule has 10 nitrogen and oxygen atoms in total. The predicted molar refractivity (Wildman–Crippen MR) is 183 cm³/mol. The third-order valence-electron chi connectivity index (χ3n) is 7.96. The maximum absolute atomic E-state index is 13.7. The highest BCUT2D eigenvalue weighted by Crippen LogP contribution is 2.35. The number of rotatable bonds is 11. The molecule has 234 valence electrons. The first-order chi connectivity index (χ1) is 20.9. The van der Waals surface area contributed by atoms with Gasteiger partial charge in [0, 0.05) is 46.2 Å². The van der Waals surface area contributed by atoms with Crippen molar-refractivity contribution in [2.75, 3.05) is 24.4 Å². The van der Waals surface area contributed by atoms with Crippen molar-refractivity contribution in [3.63, 3.8) is 0 Å². The van der Waals surface area contributed by atoms with Crippen molar-refractivity contribution in [2.24, 2.45) is 11.7 Å². The highest BCUT2D eigenvalue weighted by molar-refractivity contribution is 14.1. The molecule has 0 saturated carbocycles. The molecule has 0 unspecified atom stereocenters. The Kier molecular flexibility index (Phi) is 9.87. The number of nitrogens with two attached hydrogens (primary N) is 1. The van der Waals surface area contributed by atoms with E-state index in [1.807, 2.05) is 40.7 Å². The van der Waals surface area contributed by atoms with E-state index < -0.39 is 20.0 Å². The fraction of sp³-hybridized carbons (Fsp3) is 0.323. The van der Waals surface area contributed by atoms with Gasteiger partial charge >= 0.3 is 0 Å². The summed E-state index contributed by atoms with van der Waals surface area (Å²) < 4.78 is 61.7. The summed E-state index contributed by atoms with van der Waals surface area (Å²) >= 11 is 2.14. The minimum atomic E-state index is -3.93. The molecule has 5 rings (SSSR count). The van der Waals surface area contributed by atoms with E-state index in [-0.39, 0.29) is 28.2 Å². The highest BCUT2D eigenvalue weighted by atomic mass is 127. The van der Waals surface area contributed by atoms with Crippen LogP contribution in [0.3, 0.4) is 0 Å². The summed E-state index contributed by atoms with van der Waals surface area (Å²) in [4.78, 5) is 2.22. The number of benzene rings is 3. The topological polar surface area (TPSA) is 150 Å². The van der Waals surface area contributed by atoms with Crippen LogP contribution >= 0.6 is 22.6 Å². The zero-order chi connectivity index (χ0) is 31.5. The Bertz CT molecular complexity index is 1860. The summed E-state index contributed by atoms with van der Waals surface area (Å²) in [7, 11) is -7.61. The second kappa shape index (κ2) is 13.5. The average Bonchev–Trinajstić information content (AvgIpc) is 3.27. The maximum atomic E-state index is 13.7. The number of para-hydroxylation sites is 1. The quantitative estimate of drug-likeness (QED) is 0.0745. The van der Waals surface area contributed by atoms with Crippen molar-refractivity contribution in [1.29, 1.82) is 5.41 Å². The van der Waals surface area contributed by atoms with E-state index >= 15 is 0 Å². The summed E-state index contributed by atoms with van der Waals surface area (Å²) in [6.07, 6.45) is 2.72. The van der Waals surface area contributed by atoms with Gasteiger partial charge in [0.15, 0.2) is 5.96 Å². The summed E-state index contributed by atoms with van der Waals surface area (Å²) in [6.45, 7) is 3.97. The molecule has 0 amide bonds. The SMILES string of the molecule is Cc1ccc(S(=O)(=O)NCCCc2c(NS(=O)(=O)c3ccc(I)cc3)n(C[C@@H]3CCCN(C(=N)N)C3)c3ccccc23)cc1. The average molecular weight is 749 g/mol. The lowest BCUT2D eigenvalue weighted by molar-refractivity contribution is 0.237. The molecule has 13 heteroatoms. The molecule has 0 radical (unpaired) electrons. The molecule has 1 fully saturated rings. The van der Waals surface area contributed by atoms with Gasteiger partial charge in [0.05, 0.1) is 9.79 Å². The number of sulfonamides is 2. The number of guanidine groups is 1. The van der Waals surface area contributed by atoms with Gasteiger partial charge in [-0.1, -0.05) is 35.9 Å². The van der Waals surface area contributed by atoms with Crippen LogP contribution in [0.5, 0.6) is 0 Å². The number of fused-ring (bicyclic) bond motifs is 1. The summed E-state index contributed by atoms with van der Waals surface area (Å²) in [5, 5.41) is 8.83. The molecule has 4 aromatic rings. The van der Waals surface area contributed by atoms with Crippen molar-refractivity contribution in [3.05, 3.63) is 87.5 Å². The zero-order valence-corrected chi connectivity index (χ0v) is 28.3. The number of aryl methyl sites for hydroxylation is 2. The Morgan fingerprint density at radius 1 is 0.977 bits per heavy atom. The Labute approximate surface area is 272 Å². The van der Waals surface area contributed by atoms with Crippen LogP contribution in [0.2, 0.25) is 0 Å². The molecule has 0 aliphatic carbocycles. The standard InChI is InChI=1S/C31H37IN6O4S2/c1-22-10-14-25(15-11-22)43(39,40)35-18-4-8-28-27-7-2-3-9-29(27)38(21-23-6-5-19-37(20-23)31(33)34)30(28)36-44(41,42)26-16-12-24(32)13-17-26/h2-3,7,9-17,23,35-36H,4-6,8,18-21H2,1H3,(H3,33,34)/t23-/m1/s1. The van der Waals surface area contributed by atoms with Gasteiger partial charge in [-0.25, -0.2) is 21.6 Å². The minimum absolute atomic E-state index is 0.0421. The first-order valence-electron chi connectivity index (χ1n) is 14.5. The van der Waals surface area contributed by atoms with Gasteiger partial charge in [-0.3, -0.25) is 10.1 Å². The summed E-state index contributed by atoms with van der Waals surface area (Å²) in [5.74, 6) is 0.672. The molecular weight excluding hydrogens is 711 g/mol. The molecular formula is C31H37IN6O4S2. The molecule has 1 aliphatic heterocycles. The monoisotopic (exact) mass is 748 g/mol. The maximum Gasteiger partial charge on any atom is 0.263 e. The van der Waals surface area contributed by atoms with Crippen LogP contribution in [-0.2, 0) is 33.0 Å². The number of aromatic nitrogens is 1. The van der Waals surface area contributed by atoms with E-state index in [0.29, 0.717) is 31.7 Å². The van der Waals surface area contributed by atoms with Crippen molar-refractivity contribution in [3.8, 4) is 0 Å². The van der Waals surface area contributed by atoms with Crippen LogP contribution in [0.25, 0.3) is 10.9 Å². The Hall–Kier alpha value is -3.14. The molecule has 0 spiro atoms. The largest absolute Gasteiger partial charge is 0.370 e. The van der Waals surface area contributed by atoms with Crippen molar-refractivity contribution < 1.29 is 16.8 Å². The van der Waals surface area contributed by atoms with Crippen LogP contribution in [0.4, 0.5) is 5.82 Å². The number of nitrogens with zero attached hydrogens (tertiary/aromatic N) is 2. The smallest absolute Gasteiger partial charge is 0.263 e. The van der Waals surface area contributed by atoms with Crippen LogP contribution < -0.4 is 15.2 Å². The van der Waals surface area contributed by atoms with Gasteiger partial charge < -0.3 is 15.2 Å². The van der Waals surface area contributed by atoms with Crippen LogP contribution in [0.15, 0.2) is 82.6 Å². The van der Waals surface area contributed by atoms with Crippen LogP contribution in [0, 0.1) is 21.8 Å². The van der Waals surface area contributed by atoms with Gasteiger partial charge in [0.25, 0.3) is 10.0 Å². The first-order valence-corrected chi connectivity index (χ1v) is 18.5. The second-order valence-electron chi connectivity index (χ2n) is 11.2. The Morgan fingerprint density at radius 2 is 1.64 bits per heavy atom. The van der Waals surface area contributed by atoms with Crippen molar-refractivity contribution >= 4 is 65.3 Å². The van der Waals surface area contributed by atoms with Gasteiger partial charge in [0.1, 0.15) is 5.82 Å². The molecule has 44 heavy (non-hydrogen) atoms. The van der Waals surface area contributed by atoms with Gasteiger partial charge in [-0.15, -0.1) is 0 Å². The molecule has 1 aliphatic rings. The molecule has 5 N–H and O–H groups in total. The lowest BCUT2D eigenvalue weighted by Gasteiger charge is -2.33. The van der Waals surface area contributed by atoms with Crippen molar-refractivity contribution in [2.45, 2.75) is 48.9 Å². The minimum Gasteiger partial charge on any atom is -0.370 e. The summed E-state index contributed by atoms with van der Waals surface area (Å²) in [5.41, 5.74) is 8.48. The number of piperidine rings is 1. The Morgan fingerprint density at radius 3 is 2.34 bits per heavy atom. The zero-order valence-electron chi connectivity index (χ0n) is 24.5. The van der Waals surface area contributed by atoms with Gasteiger partial charge in [-0.2, -0.15) is 0 Å². The highest BCUT2D eigenvalue weighted by Gasteiger charge is 2.27. The van der Waals surface area contributed by atoms with E-state index in [1.54, 1.807) is 48.5 Å². The molecule has 1 atom stereocenters. The molecule has 1 saturated heterocycles.